The predicted molar refractivity (Wildman–Crippen MR) is 68.6 cm³/mol. The molecule has 1 aromatic heterocycles. The van der Waals surface area contributed by atoms with Crippen LogP contribution in [0.3, 0.4) is 0 Å². The van der Waals surface area contributed by atoms with Crippen LogP contribution in [0.15, 0.2) is 6.20 Å². The lowest BCUT2D eigenvalue weighted by Crippen LogP contribution is -2.32. The molecule has 0 aliphatic carbocycles. The number of piperidine rings is 1. The number of aromatic nitrogens is 2. The molecule has 5 heteroatoms. The van der Waals surface area contributed by atoms with E-state index in [0.717, 1.165) is 56.7 Å². The standard InChI is InChI=1S/C13H20N4O/c18-13(17-6-1-2-7-17)11-9-15-16-12(11)10-4-3-5-14-8-10/h9-10,14H,1-8H2,(H,15,16)/t10-/m1/s1. The normalized spacial score (nSPS) is 24.4. The van der Waals surface area contributed by atoms with Gasteiger partial charge in [-0.2, -0.15) is 5.10 Å². The molecule has 98 valence electrons. The van der Waals surface area contributed by atoms with E-state index >= 15 is 0 Å². The van der Waals surface area contributed by atoms with Gasteiger partial charge in [-0.25, -0.2) is 0 Å². The molecular weight excluding hydrogens is 228 g/mol. The van der Waals surface area contributed by atoms with Crippen LogP contribution in [0.5, 0.6) is 0 Å². The van der Waals surface area contributed by atoms with Gasteiger partial charge in [-0.1, -0.05) is 0 Å². The van der Waals surface area contributed by atoms with Crippen molar-refractivity contribution in [3.05, 3.63) is 17.5 Å². The summed E-state index contributed by atoms with van der Waals surface area (Å²) in [4.78, 5) is 14.4. The lowest BCUT2D eigenvalue weighted by Gasteiger charge is -2.23. The fourth-order valence-electron chi connectivity index (χ4n) is 2.97. The number of amides is 1. The lowest BCUT2D eigenvalue weighted by molar-refractivity contribution is 0.0791. The van der Waals surface area contributed by atoms with Crippen LogP contribution in [0.1, 0.15) is 47.7 Å². The van der Waals surface area contributed by atoms with Gasteiger partial charge < -0.3 is 10.2 Å². The zero-order valence-corrected chi connectivity index (χ0v) is 10.6. The second-order valence-corrected chi connectivity index (χ2v) is 5.24. The number of aromatic amines is 1. The van der Waals surface area contributed by atoms with Gasteiger partial charge in [-0.15, -0.1) is 0 Å². The summed E-state index contributed by atoms with van der Waals surface area (Å²) in [6.45, 7) is 3.82. The monoisotopic (exact) mass is 248 g/mol. The van der Waals surface area contributed by atoms with Crippen LogP contribution in [-0.2, 0) is 0 Å². The molecule has 1 aromatic rings. The molecule has 0 spiro atoms. The van der Waals surface area contributed by atoms with Gasteiger partial charge in [-0.3, -0.25) is 9.89 Å². The number of hydrogen-bond donors (Lipinski definition) is 2. The smallest absolute Gasteiger partial charge is 0.257 e. The summed E-state index contributed by atoms with van der Waals surface area (Å²) < 4.78 is 0. The molecule has 2 aliphatic rings. The number of nitrogens with one attached hydrogen (secondary N) is 2. The SMILES string of the molecule is O=C(c1cn[nH]c1[C@@H]1CCCNC1)N1CCCC1. The van der Waals surface area contributed by atoms with Gasteiger partial charge in [0, 0.05) is 25.6 Å². The maximum absolute atomic E-state index is 12.4. The van der Waals surface area contributed by atoms with Gasteiger partial charge in [0.25, 0.3) is 5.91 Å². The molecular formula is C13H20N4O. The Hall–Kier alpha value is -1.36. The van der Waals surface area contributed by atoms with Crippen molar-refractivity contribution < 1.29 is 4.79 Å². The molecule has 3 heterocycles. The number of likely N-dealkylation sites (tertiary alicyclic amines) is 1. The molecule has 1 atom stereocenters. The molecule has 2 N–H and O–H groups in total. The Morgan fingerprint density at radius 1 is 1.33 bits per heavy atom. The van der Waals surface area contributed by atoms with Crippen molar-refractivity contribution in [2.45, 2.75) is 31.6 Å². The van der Waals surface area contributed by atoms with E-state index in [-0.39, 0.29) is 5.91 Å². The molecule has 0 saturated carbocycles. The molecule has 2 saturated heterocycles. The van der Waals surface area contributed by atoms with Crippen LogP contribution in [0.2, 0.25) is 0 Å². The Morgan fingerprint density at radius 3 is 2.89 bits per heavy atom. The van der Waals surface area contributed by atoms with Crippen molar-refractivity contribution in [2.24, 2.45) is 0 Å². The summed E-state index contributed by atoms with van der Waals surface area (Å²) in [6, 6.07) is 0. The molecule has 2 aliphatic heterocycles. The van der Waals surface area contributed by atoms with Crippen LogP contribution in [0, 0.1) is 0 Å². The fraction of sp³-hybridized carbons (Fsp3) is 0.692. The molecule has 3 rings (SSSR count). The van der Waals surface area contributed by atoms with E-state index in [2.05, 4.69) is 15.5 Å². The van der Waals surface area contributed by atoms with Crippen LogP contribution < -0.4 is 5.32 Å². The Balaban J connectivity index is 1.79. The van der Waals surface area contributed by atoms with Gasteiger partial charge in [0.15, 0.2) is 0 Å². The van der Waals surface area contributed by atoms with Gasteiger partial charge >= 0.3 is 0 Å². The topological polar surface area (TPSA) is 61.0 Å². The number of H-pyrrole nitrogens is 1. The third kappa shape index (κ3) is 2.14. The highest BCUT2D eigenvalue weighted by atomic mass is 16.2. The first-order valence-electron chi connectivity index (χ1n) is 6.89. The van der Waals surface area contributed by atoms with Crippen molar-refractivity contribution in [2.75, 3.05) is 26.2 Å². The first-order valence-corrected chi connectivity index (χ1v) is 6.89. The first kappa shape index (κ1) is 11.7. The van der Waals surface area contributed by atoms with E-state index in [1.54, 1.807) is 6.20 Å². The quantitative estimate of drug-likeness (QED) is 0.824. The van der Waals surface area contributed by atoms with Crippen LogP contribution in [-0.4, -0.2) is 47.2 Å². The summed E-state index contributed by atoms with van der Waals surface area (Å²) in [6.07, 6.45) is 6.26. The molecule has 5 nitrogen and oxygen atoms in total. The summed E-state index contributed by atoms with van der Waals surface area (Å²) in [5, 5.41) is 10.5. The second-order valence-electron chi connectivity index (χ2n) is 5.24. The Labute approximate surface area is 107 Å². The van der Waals surface area contributed by atoms with Crippen molar-refractivity contribution in [1.82, 2.24) is 20.4 Å². The van der Waals surface area contributed by atoms with Crippen molar-refractivity contribution in [3.8, 4) is 0 Å². The van der Waals surface area contributed by atoms with Gasteiger partial charge in [0.2, 0.25) is 0 Å². The summed E-state index contributed by atoms with van der Waals surface area (Å²) in [5.74, 6) is 0.560. The largest absolute Gasteiger partial charge is 0.339 e. The fourth-order valence-corrected chi connectivity index (χ4v) is 2.97. The number of carbonyl (C=O) groups excluding carboxylic acids is 1. The summed E-state index contributed by atoms with van der Waals surface area (Å²) in [5.41, 5.74) is 1.81. The third-order valence-electron chi connectivity index (χ3n) is 4.00. The Bertz CT molecular complexity index is 416. The van der Waals surface area contributed by atoms with Crippen molar-refractivity contribution >= 4 is 5.91 Å². The molecule has 2 fully saturated rings. The van der Waals surface area contributed by atoms with Crippen molar-refractivity contribution in [1.29, 1.82) is 0 Å². The van der Waals surface area contributed by atoms with Gasteiger partial charge in [-0.05, 0) is 32.2 Å². The van der Waals surface area contributed by atoms with Crippen LogP contribution in [0.25, 0.3) is 0 Å². The van der Waals surface area contributed by atoms with E-state index in [4.69, 9.17) is 0 Å². The molecule has 0 unspecified atom stereocenters. The highest BCUT2D eigenvalue weighted by Gasteiger charge is 2.27. The van der Waals surface area contributed by atoms with E-state index in [0.29, 0.717) is 5.92 Å². The minimum Gasteiger partial charge on any atom is -0.339 e. The minimum atomic E-state index is 0.154. The predicted octanol–water partition coefficient (Wildman–Crippen LogP) is 1.11. The average Bonchev–Trinajstić information content (AvgIpc) is 3.10. The summed E-state index contributed by atoms with van der Waals surface area (Å²) in [7, 11) is 0. The van der Waals surface area contributed by atoms with Crippen LogP contribution >= 0.6 is 0 Å². The average molecular weight is 248 g/mol. The Kier molecular flexibility index (Phi) is 3.32. The maximum Gasteiger partial charge on any atom is 0.257 e. The number of hydrogen-bond acceptors (Lipinski definition) is 3. The Morgan fingerprint density at radius 2 is 2.17 bits per heavy atom. The van der Waals surface area contributed by atoms with E-state index < -0.39 is 0 Å². The number of rotatable bonds is 2. The molecule has 0 aromatic carbocycles. The second kappa shape index (κ2) is 5.10. The third-order valence-corrected chi connectivity index (χ3v) is 4.00. The zero-order valence-electron chi connectivity index (χ0n) is 10.6. The molecule has 1 amide bonds. The van der Waals surface area contributed by atoms with E-state index in [1.807, 2.05) is 4.90 Å². The van der Waals surface area contributed by atoms with Crippen LogP contribution in [0.4, 0.5) is 0 Å². The number of nitrogens with zero attached hydrogens (tertiary/aromatic N) is 2. The van der Waals surface area contributed by atoms with Crippen molar-refractivity contribution in [3.63, 3.8) is 0 Å². The first-order chi connectivity index (χ1) is 8.86. The van der Waals surface area contributed by atoms with E-state index in [1.165, 1.54) is 6.42 Å². The highest BCUT2D eigenvalue weighted by molar-refractivity contribution is 5.95. The highest BCUT2D eigenvalue weighted by Crippen LogP contribution is 2.25. The summed E-state index contributed by atoms with van der Waals surface area (Å²) >= 11 is 0. The molecule has 18 heavy (non-hydrogen) atoms. The molecule has 0 radical (unpaired) electrons. The lowest BCUT2D eigenvalue weighted by atomic mass is 9.93. The molecule has 0 bridgehead atoms. The zero-order chi connectivity index (χ0) is 12.4. The number of carbonyl (C=O) groups is 1. The minimum absolute atomic E-state index is 0.154. The van der Waals surface area contributed by atoms with Gasteiger partial charge in [0.05, 0.1) is 17.5 Å². The maximum atomic E-state index is 12.4. The van der Waals surface area contributed by atoms with Gasteiger partial charge in [0.1, 0.15) is 0 Å². The van der Waals surface area contributed by atoms with E-state index in [9.17, 15) is 4.79 Å².